The van der Waals surface area contributed by atoms with Crippen LogP contribution in [0.1, 0.15) is 33.4 Å². The predicted octanol–water partition coefficient (Wildman–Crippen LogP) is 4.15. The Morgan fingerprint density at radius 2 is 1.81 bits per heavy atom. The molecule has 1 aliphatic heterocycles. The number of para-hydroxylation sites is 1. The van der Waals surface area contributed by atoms with Gasteiger partial charge in [-0.05, 0) is 36.8 Å². The molecule has 0 radical (unpaired) electrons. The van der Waals surface area contributed by atoms with E-state index in [1.807, 2.05) is 0 Å². The van der Waals surface area contributed by atoms with Crippen LogP contribution < -0.4 is 10.3 Å². The van der Waals surface area contributed by atoms with Gasteiger partial charge in [0.2, 0.25) is 5.76 Å². The summed E-state index contributed by atoms with van der Waals surface area (Å²) in [5.41, 5.74) is 1.07. The van der Waals surface area contributed by atoms with Crippen molar-refractivity contribution in [2.45, 2.75) is 13.0 Å². The van der Waals surface area contributed by atoms with Gasteiger partial charge in [-0.25, -0.2) is 4.98 Å². The Kier molecular flexibility index (Phi) is 4.14. The molecular weight excluding hydrogens is 398 g/mol. The number of pyridine rings is 1. The van der Waals surface area contributed by atoms with E-state index in [2.05, 4.69) is 4.98 Å². The first-order chi connectivity index (χ1) is 15.0. The van der Waals surface area contributed by atoms with Crippen LogP contribution in [0.2, 0.25) is 0 Å². The van der Waals surface area contributed by atoms with E-state index in [9.17, 15) is 19.7 Å². The molecule has 8 heteroatoms. The van der Waals surface area contributed by atoms with Gasteiger partial charge in [-0.2, -0.15) is 0 Å². The van der Waals surface area contributed by atoms with E-state index in [0.29, 0.717) is 28.0 Å². The Hall–Kier alpha value is -4.33. The molecule has 1 amide bonds. The Balaban J connectivity index is 1.83. The number of fused-ring (bicyclic) bond motifs is 2. The van der Waals surface area contributed by atoms with Crippen LogP contribution in [0.4, 0.5) is 11.5 Å². The molecule has 2 aromatic heterocycles. The van der Waals surface area contributed by atoms with Gasteiger partial charge < -0.3 is 4.42 Å². The first kappa shape index (κ1) is 18.7. The summed E-state index contributed by atoms with van der Waals surface area (Å²) in [7, 11) is 0. The zero-order valence-electron chi connectivity index (χ0n) is 16.3. The van der Waals surface area contributed by atoms with Crippen molar-refractivity contribution in [1.29, 1.82) is 0 Å². The third-order valence-electron chi connectivity index (χ3n) is 5.29. The number of carbonyl (C=O) groups is 1. The lowest BCUT2D eigenvalue weighted by atomic mass is 9.98. The number of benzene rings is 2. The number of rotatable bonds is 3. The summed E-state index contributed by atoms with van der Waals surface area (Å²) < 4.78 is 5.86. The number of carbonyl (C=O) groups excluding carboxylic acids is 1. The summed E-state index contributed by atoms with van der Waals surface area (Å²) >= 11 is 0. The summed E-state index contributed by atoms with van der Waals surface area (Å²) in [6.45, 7) is 1.79. The first-order valence-electron chi connectivity index (χ1n) is 9.53. The van der Waals surface area contributed by atoms with Gasteiger partial charge in [-0.3, -0.25) is 24.6 Å². The topological polar surface area (TPSA) is 107 Å². The van der Waals surface area contributed by atoms with Gasteiger partial charge in [0.15, 0.2) is 5.43 Å². The van der Waals surface area contributed by atoms with Crippen molar-refractivity contribution in [2.75, 3.05) is 4.90 Å². The molecule has 8 nitrogen and oxygen atoms in total. The van der Waals surface area contributed by atoms with Gasteiger partial charge in [0.25, 0.3) is 11.6 Å². The average molecular weight is 413 g/mol. The van der Waals surface area contributed by atoms with Crippen molar-refractivity contribution in [3.63, 3.8) is 0 Å². The van der Waals surface area contributed by atoms with Crippen LogP contribution in [-0.4, -0.2) is 15.8 Å². The fraction of sp³-hybridized carbons (Fsp3) is 0.0870. The molecular formula is C23H15N3O5. The zero-order chi connectivity index (χ0) is 21.7. The number of non-ortho nitro benzene ring substituents is 1. The molecule has 0 saturated heterocycles. The molecule has 152 valence electrons. The minimum absolute atomic E-state index is 0.0801. The van der Waals surface area contributed by atoms with E-state index < -0.39 is 16.9 Å². The van der Waals surface area contributed by atoms with Gasteiger partial charge >= 0.3 is 0 Å². The normalized spacial score (nSPS) is 15.3. The van der Waals surface area contributed by atoms with Gasteiger partial charge in [-0.15, -0.1) is 0 Å². The number of nitrogens with zero attached hydrogens (tertiary/aromatic N) is 3. The largest absolute Gasteiger partial charge is 0.450 e. The Morgan fingerprint density at radius 1 is 1.03 bits per heavy atom. The highest BCUT2D eigenvalue weighted by atomic mass is 16.6. The maximum atomic E-state index is 13.4. The van der Waals surface area contributed by atoms with Gasteiger partial charge in [0.05, 0.1) is 21.9 Å². The standard InChI is InChI=1S/C23H15N3O5/c1-13-6-4-11-18(24-13)25-20(14-7-5-8-15(12-14)26(29)30)19-21(27)16-9-2-3-10-17(16)31-22(19)23(25)28/h2-12,20H,1H3. The summed E-state index contributed by atoms with van der Waals surface area (Å²) in [6, 6.07) is 16.9. The van der Waals surface area contributed by atoms with Crippen molar-refractivity contribution in [3.8, 4) is 0 Å². The van der Waals surface area contributed by atoms with E-state index >= 15 is 0 Å². The Bertz CT molecular complexity index is 1440. The van der Waals surface area contributed by atoms with E-state index in [4.69, 9.17) is 4.42 Å². The quantitative estimate of drug-likeness (QED) is 0.369. The molecule has 5 rings (SSSR count). The molecule has 3 heterocycles. The molecule has 1 aliphatic rings. The molecule has 0 bridgehead atoms. The van der Waals surface area contributed by atoms with Crippen LogP contribution >= 0.6 is 0 Å². The third kappa shape index (κ3) is 2.88. The molecule has 4 aromatic rings. The lowest BCUT2D eigenvalue weighted by Crippen LogP contribution is -2.30. The van der Waals surface area contributed by atoms with Crippen molar-refractivity contribution in [3.05, 3.63) is 110 Å². The molecule has 2 aromatic carbocycles. The van der Waals surface area contributed by atoms with Crippen LogP contribution in [0.5, 0.6) is 0 Å². The minimum atomic E-state index is -0.905. The van der Waals surface area contributed by atoms with E-state index in [0.717, 1.165) is 0 Å². The molecule has 0 aliphatic carbocycles. The number of nitro benzene ring substituents is 1. The highest BCUT2D eigenvalue weighted by Crippen LogP contribution is 2.41. The summed E-state index contributed by atoms with van der Waals surface area (Å²) in [4.78, 5) is 43.5. The van der Waals surface area contributed by atoms with Crippen molar-refractivity contribution >= 4 is 28.4 Å². The lowest BCUT2D eigenvalue weighted by molar-refractivity contribution is -0.384. The van der Waals surface area contributed by atoms with Crippen LogP contribution in [0.3, 0.4) is 0 Å². The number of aryl methyl sites for hydroxylation is 1. The molecule has 0 N–H and O–H groups in total. The smallest absolute Gasteiger partial charge is 0.296 e. The fourth-order valence-corrected chi connectivity index (χ4v) is 3.94. The van der Waals surface area contributed by atoms with Crippen LogP contribution in [-0.2, 0) is 0 Å². The predicted molar refractivity (Wildman–Crippen MR) is 113 cm³/mol. The second-order valence-corrected chi connectivity index (χ2v) is 7.24. The number of hydrogen-bond donors (Lipinski definition) is 0. The number of nitro groups is 1. The molecule has 0 fully saturated rings. The highest BCUT2D eigenvalue weighted by molar-refractivity contribution is 6.10. The maximum Gasteiger partial charge on any atom is 0.296 e. The second-order valence-electron chi connectivity index (χ2n) is 7.24. The van der Waals surface area contributed by atoms with Gasteiger partial charge in [-0.1, -0.05) is 30.3 Å². The lowest BCUT2D eigenvalue weighted by Gasteiger charge is -2.24. The Morgan fingerprint density at radius 3 is 2.58 bits per heavy atom. The molecule has 0 saturated carbocycles. The summed E-state index contributed by atoms with van der Waals surface area (Å²) in [6.07, 6.45) is 0. The van der Waals surface area contributed by atoms with Crippen molar-refractivity contribution < 1.29 is 14.1 Å². The van der Waals surface area contributed by atoms with Crippen LogP contribution in [0.15, 0.2) is 75.9 Å². The summed E-state index contributed by atoms with van der Waals surface area (Å²) in [5, 5.41) is 11.7. The zero-order valence-corrected chi connectivity index (χ0v) is 16.3. The van der Waals surface area contributed by atoms with E-state index in [1.165, 1.54) is 23.1 Å². The number of aromatic nitrogens is 1. The molecule has 1 unspecified atom stereocenters. The monoisotopic (exact) mass is 413 g/mol. The number of hydrogen-bond acceptors (Lipinski definition) is 6. The van der Waals surface area contributed by atoms with Crippen LogP contribution in [0, 0.1) is 17.0 Å². The van der Waals surface area contributed by atoms with Gasteiger partial charge in [0.1, 0.15) is 11.4 Å². The second kappa shape index (κ2) is 6.88. The number of amides is 1. The SMILES string of the molecule is Cc1cccc(N2C(=O)c3oc4ccccc4c(=O)c3C2c2cccc([N+](=O)[O-])c2)n1. The van der Waals surface area contributed by atoms with Gasteiger partial charge in [0, 0.05) is 17.8 Å². The molecule has 31 heavy (non-hydrogen) atoms. The Labute approximate surface area is 175 Å². The van der Waals surface area contributed by atoms with E-state index in [-0.39, 0.29) is 22.4 Å². The first-order valence-corrected chi connectivity index (χ1v) is 9.53. The number of anilines is 1. The van der Waals surface area contributed by atoms with Crippen molar-refractivity contribution in [1.82, 2.24) is 4.98 Å². The average Bonchev–Trinajstić information content (AvgIpc) is 3.07. The summed E-state index contributed by atoms with van der Waals surface area (Å²) in [5.74, 6) is -0.271. The molecule has 0 spiro atoms. The fourth-order valence-electron chi connectivity index (χ4n) is 3.94. The molecule has 1 atom stereocenters. The van der Waals surface area contributed by atoms with Crippen molar-refractivity contribution in [2.24, 2.45) is 0 Å². The van der Waals surface area contributed by atoms with E-state index in [1.54, 1.807) is 55.5 Å². The maximum absolute atomic E-state index is 13.4. The third-order valence-corrected chi connectivity index (χ3v) is 5.29. The van der Waals surface area contributed by atoms with Crippen LogP contribution in [0.25, 0.3) is 11.0 Å². The minimum Gasteiger partial charge on any atom is -0.450 e. The highest BCUT2D eigenvalue weighted by Gasteiger charge is 2.44.